The van der Waals surface area contributed by atoms with Crippen LogP contribution in [0.25, 0.3) is 0 Å². The summed E-state index contributed by atoms with van der Waals surface area (Å²) in [6, 6.07) is 5.62. The van der Waals surface area contributed by atoms with Crippen LogP contribution in [0.1, 0.15) is 55.6 Å². The third kappa shape index (κ3) is 9.10. The van der Waals surface area contributed by atoms with Crippen molar-refractivity contribution in [2.75, 3.05) is 53.1 Å². The second-order valence-electron chi connectivity index (χ2n) is 9.65. The van der Waals surface area contributed by atoms with Crippen LogP contribution in [0.4, 0.5) is 9.59 Å². The lowest BCUT2D eigenvalue weighted by molar-refractivity contribution is 0.0649. The van der Waals surface area contributed by atoms with Gasteiger partial charge in [0.25, 0.3) is 0 Å². The van der Waals surface area contributed by atoms with E-state index in [0.717, 1.165) is 56.4 Å². The molecule has 2 aliphatic rings. The van der Waals surface area contributed by atoms with Gasteiger partial charge in [0.15, 0.2) is 0 Å². The number of nitrogens with two attached hydrogens (primary N) is 1. The van der Waals surface area contributed by atoms with Gasteiger partial charge in [-0.1, -0.05) is 30.2 Å². The number of hydrogen-bond acceptors (Lipinski definition) is 6. The van der Waals surface area contributed by atoms with Gasteiger partial charge in [-0.05, 0) is 55.2 Å². The molecule has 1 aromatic rings. The number of halogens is 1. The molecule has 202 valence electrons. The molecular weight excluding hydrogens is 484 g/mol. The summed E-state index contributed by atoms with van der Waals surface area (Å²) < 4.78 is 16.4. The van der Waals surface area contributed by atoms with Gasteiger partial charge in [0.05, 0.1) is 13.2 Å². The molecule has 0 unspecified atom stereocenters. The van der Waals surface area contributed by atoms with Crippen LogP contribution in [0.2, 0.25) is 5.02 Å². The van der Waals surface area contributed by atoms with Crippen molar-refractivity contribution in [1.82, 2.24) is 15.5 Å². The Bertz CT molecular complexity index is 835. The van der Waals surface area contributed by atoms with Crippen molar-refractivity contribution in [1.29, 1.82) is 0 Å². The number of benzene rings is 1. The summed E-state index contributed by atoms with van der Waals surface area (Å²) in [6.07, 6.45) is 5.65. The molecule has 2 saturated heterocycles. The molecule has 2 aliphatic heterocycles. The Morgan fingerprint density at radius 1 is 1.25 bits per heavy atom. The third-order valence-electron chi connectivity index (χ3n) is 6.84. The van der Waals surface area contributed by atoms with Gasteiger partial charge in [-0.2, -0.15) is 0 Å². The minimum absolute atomic E-state index is 0.0801. The Balaban J connectivity index is 1.49. The van der Waals surface area contributed by atoms with E-state index in [-0.39, 0.29) is 31.2 Å². The first-order valence-electron chi connectivity index (χ1n) is 13.0. The Hall–Kier alpha value is -2.07. The van der Waals surface area contributed by atoms with Crippen molar-refractivity contribution in [3.8, 4) is 0 Å². The molecule has 36 heavy (non-hydrogen) atoms. The number of ether oxygens (including phenoxy) is 3. The maximum atomic E-state index is 13.0. The molecule has 0 aliphatic carbocycles. The SMILES string of the molecule is CNC(=O)OCCOCc1cccc(Cl)c1[C@H]1CCCN(C(=O)NC[C@@H](N)C[C@H]2CCCCOC2)C1. The van der Waals surface area contributed by atoms with Gasteiger partial charge in [-0.25, -0.2) is 9.59 Å². The number of likely N-dealkylation sites (tertiary alicyclic amines) is 1. The quantitative estimate of drug-likeness (QED) is 0.402. The monoisotopic (exact) mass is 524 g/mol. The predicted octanol–water partition coefficient (Wildman–Crippen LogP) is 3.64. The van der Waals surface area contributed by atoms with Crippen molar-refractivity contribution in [2.45, 2.75) is 57.1 Å². The van der Waals surface area contributed by atoms with E-state index in [4.69, 9.17) is 31.5 Å². The summed E-state index contributed by atoms with van der Waals surface area (Å²) in [5, 5.41) is 6.11. The van der Waals surface area contributed by atoms with Crippen LogP contribution >= 0.6 is 11.6 Å². The summed E-state index contributed by atoms with van der Waals surface area (Å²) in [5.74, 6) is 0.589. The number of alkyl carbamates (subject to hydrolysis) is 1. The molecule has 2 heterocycles. The van der Waals surface area contributed by atoms with Crippen molar-refractivity contribution in [2.24, 2.45) is 11.7 Å². The smallest absolute Gasteiger partial charge is 0.406 e. The van der Waals surface area contributed by atoms with Gasteiger partial charge in [0, 0.05) is 56.9 Å². The van der Waals surface area contributed by atoms with Crippen molar-refractivity contribution >= 4 is 23.7 Å². The molecule has 2 fully saturated rings. The van der Waals surface area contributed by atoms with Crippen molar-refractivity contribution in [3.05, 3.63) is 34.3 Å². The van der Waals surface area contributed by atoms with Crippen LogP contribution in [-0.2, 0) is 20.8 Å². The number of carbonyl (C=O) groups excluding carboxylic acids is 2. The molecule has 1 aromatic carbocycles. The lowest BCUT2D eigenvalue weighted by Gasteiger charge is -2.34. The highest BCUT2D eigenvalue weighted by Gasteiger charge is 2.28. The van der Waals surface area contributed by atoms with Crippen LogP contribution in [0.5, 0.6) is 0 Å². The van der Waals surface area contributed by atoms with E-state index in [1.54, 1.807) is 0 Å². The van der Waals surface area contributed by atoms with Gasteiger partial charge >= 0.3 is 12.1 Å². The molecule has 0 aromatic heterocycles. The molecule has 0 bridgehead atoms. The number of carbonyl (C=O) groups is 2. The van der Waals surface area contributed by atoms with Gasteiger partial charge < -0.3 is 35.5 Å². The highest BCUT2D eigenvalue weighted by atomic mass is 35.5. The molecule has 0 saturated carbocycles. The Kier molecular flexibility index (Phi) is 12.1. The Morgan fingerprint density at radius 3 is 2.94 bits per heavy atom. The van der Waals surface area contributed by atoms with Crippen LogP contribution in [0, 0.1) is 5.92 Å². The van der Waals surface area contributed by atoms with E-state index in [2.05, 4.69) is 10.6 Å². The first-order chi connectivity index (χ1) is 17.5. The maximum Gasteiger partial charge on any atom is 0.406 e. The molecular formula is C26H41ClN4O5. The van der Waals surface area contributed by atoms with E-state index < -0.39 is 6.09 Å². The molecule has 0 radical (unpaired) electrons. The number of nitrogens with one attached hydrogen (secondary N) is 2. The van der Waals surface area contributed by atoms with Crippen LogP contribution < -0.4 is 16.4 Å². The standard InChI is InChI=1S/C26H41ClN4O5/c1-29-26(33)36-13-12-35-18-21-7-4-9-23(27)24(21)20-8-5-10-31(16-20)25(32)30-15-22(28)14-19-6-2-3-11-34-17-19/h4,7,9,19-20,22H,2-3,5-6,8,10-18,28H2,1H3,(H,29,33)(H,30,32)/t19-,20+,22+/m1/s1. The summed E-state index contributed by atoms with van der Waals surface area (Å²) in [7, 11) is 1.51. The zero-order valence-electron chi connectivity index (χ0n) is 21.3. The average molecular weight is 525 g/mol. The summed E-state index contributed by atoms with van der Waals surface area (Å²) in [4.78, 5) is 26.0. The molecule has 9 nitrogen and oxygen atoms in total. The fourth-order valence-electron chi connectivity index (χ4n) is 5.01. The number of amides is 3. The molecule has 0 spiro atoms. The number of rotatable bonds is 10. The van der Waals surface area contributed by atoms with E-state index in [1.807, 2.05) is 23.1 Å². The Morgan fingerprint density at radius 2 is 2.11 bits per heavy atom. The topological polar surface area (TPSA) is 115 Å². The van der Waals surface area contributed by atoms with Crippen LogP contribution in [-0.4, -0.2) is 76.2 Å². The number of nitrogens with zero attached hydrogens (tertiary/aromatic N) is 1. The van der Waals surface area contributed by atoms with Gasteiger partial charge in [-0.15, -0.1) is 0 Å². The van der Waals surface area contributed by atoms with Crippen molar-refractivity contribution in [3.63, 3.8) is 0 Å². The molecule has 3 amide bonds. The zero-order chi connectivity index (χ0) is 25.8. The second-order valence-corrected chi connectivity index (χ2v) is 10.1. The van der Waals surface area contributed by atoms with Crippen molar-refractivity contribution < 1.29 is 23.8 Å². The summed E-state index contributed by atoms with van der Waals surface area (Å²) in [6.45, 7) is 4.17. The summed E-state index contributed by atoms with van der Waals surface area (Å²) >= 11 is 6.62. The van der Waals surface area contributed by atoms with E-state index in [1.165, 1.54) is 13.5 Å². The molecule has 3 rings (SSSR count). The number of piperidine rings is 1. The number of hydrogen-bond donors (Lipinski definition) is 3. The predicted molar refractivity (Wildman–Crippen MR) is 139 cm³/mol. The first kappa shape index (κ1) is 28.5. The number of urea groups is 1. The van der Waals surface area contributed by atoms with E-state index in [9.17, 15) is 9.59 Å². The van der Waals surface area contributed by atoms with E-state index >= 15 is 0 Å². The minimum Gasteiger partial charge on any atom is -0.447 e. The highest BCUT2D eigenvalue weighted by molar-refractivity contribution is 6.31. The summed E-state index contributed by atoms with van der Waals surface area (Å²) in [5.41, 5.74) is 8.34. The minimum atomic E-state index is -0.484. The lowest BCUT2D eigenvalue weighted by Crippen LogP contribution is -2.48. The molecule has 4 N–H and O–H groups in total. The first-order valence-corrected chi connectivity index (χ1v) is 13.4. The van der Waals surface area contributed by atoms with Crippen LogP contribution in [0.15, 0.2) is 18.2 Å². The zero-order valence-corrected chi connectivity index (χ0v) is 22.1. The van der Waals surface area contributed by atoms with E-state index in [0.29, 0.717) is 37.2 Å². The molecule has 3 atom stereocenters. The molecule has 10 heteroatoms. The van der Waals surface area contributed by atoms with Crippen LogP contribution in [0.3, 0.4) is 0 Å². The fraction of sp³-hybridized carbons (Fsp3) is 0.692. The Labute approximate surface area is 219 Å². The normalized spacial score (nSPS) is 21.4. The highest BCUT2D eigenvalue weighted by Crippen LogP contribution is 2.34. The lowest BCUT2D eigenvalue weighted by atomic mass is 9.87. The largest absolute Gasteiger partial charge is 0.447 e. The van der Waals surface area contributed by atoms with Gasteiger partial charge in [-0.3, -0.25) is 0 Å². The van der Waals surface area contributed by atoms with Gasteiger partial charge in [0.2, 0.25) is 0 Å². The van der Waals surface area contributed by atoms with Gasteiger partial charge in [0.1, 0.15) is 6.61 Å². The average Bonchev–Trinajstić information content (AvgIpc) is 3.15. The second kappa shape index (κ2) is 15.2. The fourth-order valence-corrected chi connectivity index (χ4v) is 5.36. The third-order valence-corrected chi connectivity index (χ3v) is 7.17. The maximum absolute atomic E-state index is 13.0.